The fraction of sp³-hybridized carbons (Fsp3) is 0.412. The van der Waals surface area contributed by atoms with E-state index in [9.17, 15) is 9.59 Å². The summed E-state index contributed by atoms with van der Waals surface area (Å²) in [7, 11) is 0. The molecule has 1 aromatic rings. The largest absolute Gasteiger partial charge is 0.478 e. The van der Waals surface area contributed by atoms with Gasteiger partial charge in [-0.1, -0.05) is 30.7 Å². The molecule has 2 aliphatic rings. The van der Waals surface area contributed by atoms with Crippen LogP contribution >= 0.6 is 0 Å². The topological polar surface area (TPSA) is 66.4 Å². The second-order valence-corrected chi connectivity index (χ2v) is 5.92. The Morgan fingerprint density at radius 2 is 1.86 bits per heavy atom. The van der Waals surface area contributed by atoms with Gasteiger partial charge in [0.25, 0.3) is 0 Å². The third kappa shape index (κ3) is 3.15. The lowest BCUT2D eigenvalue weighted by Gasteiger charge is -2.07. The Labute approximate surface area is 123 Å². The predicted octanol–water partition coefficient (Wildman–Crippen LogP) is 2.45. The van der Waals surface area contributed by atoms with Crippen LogP contribution < -0.4 is 5.32 Å². The number of carboxylic acid groups (broad SMARTS) is 1. The van der Waals surface area contributed by atoms with Gasteiger partial charge in [0.15, 0.2) is 0 Å². The number of carbonyl (C=O) groups is 2. The number of benzene rings is 1. The first-order valence-electron chi connectivity index (χ1n) is 7.43. The number of hydrogen-bond acceptors (Lipinski definition) is 2. The number of carbonyl (C=O) groups excluding carboxylic acids is 1. The minimum atomic E-state index is -0.957. The molecular weight excluding hydrogens is 266 g/mol. The lowest BCUT2D eigenvalue weighted by atomic mass is 10.1. The van der Waals surface area contributed by atoms with E-state index in [2.05, 4.69) is 5.32 Å². The SMILES string of the molecule is O=C(O)/C=C/c1ccc(CNC(=O)C2C3CCCC32)cc1. The molecule has 4 heteroatoms. The first-order valence-corrected chi connectivity index (χ1v) is 7.43. The summed E-state index contributed by atoms with van der Waals surface area (Å²) in [5.41, 5.74) is 1.87. The molecule has 2 unspecified atom stereocenters. The Bertz CT molecular complexity index is 566. The van der Waals surface area contributed by atoms with Gasteiger partial charge in [-0.2, -0.15) is 0 Å². The first-order chi connectivity index (χ1) is 10.1. The summed E-state index contributed by atoms with van der Waals surface area (Å²) in [4.78, 5) is 22.5. The maximum Gasteiger partial charge on any atom is 0.328 e. The number of aliphatic carboxylic acids is 1. The molecule has 2 fully saturated rings. The molecule has 3 rings (SSSR count). The lowest BCUT2D eigenvalue weighted by molar-refractivity contribution is -0.131. The molecule has 21 heavy (non-hydrogen) atoms. The van der Waals surface area contributed by atoms with Crippen LogP contribution in [0.15, 0.2) is 30.3 Å². The van der Waals surface area contributed by atoms with E-state index in [-0.39, 0.29) is 11.8 Å². The van der Waals surface area contributed by atoms with Crippen molar-refractivity contribution in [3.05, 3.63) is 41.5 Å². The van der Waals surface area contributed by atoms with Crippen molar-refractivity contribution in [1.82, 2.24) is 5.32 Å². The molecule has 1 aromatic carbocycles. The molecule has 2 aliphatic carbocycles. The molecule has 110 valence electrons. The molecule has 0 radical (unpaired) electrons. The van der Waals surface area contributed by atoms with Crippen LogP contribution in [0.3, 0.4) is 0 Å². The Morgan fingerprint density at radius 3 is 2.48 bits per heavy atom. The third-order valence-electron chi connectivity index (χ3n) is 4.57. The van der Waals surface area contributed by atoms with E-state index in [0.29, 0.717) is 18.4 Å². The van der Waals surface area contributed by atoms with Gasteiger partial charge in [0.1, 0.15) is 0 Å². The van der Waals surface area contributed by atoms with Gasteiger partial charge >= 0.3 is 5.97 Å². The predicted molar refractivity (Wildman–Crippen MR) is 79.3 cm³/mol. The molecule has 0 bridgehead atoms. The van der Waals surface area contributed by atoms with Gasteiger partial charge < -0.3 is 10.4 Å². The van der Waals surface area contributed by atoms with Crippen molar-refractivity contribution in [3.63, 3.8) is 0 Å². The minimum absolute atomic E-state index is 0.194. The second kappa shape index (κ2) is 5.72. The minimum Gasteiger partial charge on any atom is -0.478 e. The van der Waals surface area contributed by atoms with Gasteiger partial charge in [-0.15, -0.1) is 0 Å². The highest BCUT2D eigenvalue weighted by atomic mass is 16.4. The zero-order chi connectivity index (χ0) is 14.8. The standard InChI is InChI=1S/C17H19NO3/c19-15(20)9-8-11-4-6-12(7-5-11)10-18-17(21)16-13-2-1-3-14(13)16/h4-9,13-14,16H,1-3,10H2,(H,18,21)(H,19,20)/b9-8+. The van der Waals surface area contributed by atoms with Crippen molar-refractivity contribution < 1.29 is 14.7 Å². The second-order valence-electron chi connectivity index (χ2n) is 5.92. The Morgan fingerprint density at radius 1 is 1.19 bits per heavy atom. The normalized spacial score (nSPS) is 26.6. The number of rotatable bonds is 5. The van der Waals surface area contributed by atoms with E-state index in [1.165, 1.54) is 19.3 Å². The van der Waals surface area contributed by atoms with Crippen LogP contribution in [0.4, 0.5) is 0 Å². The maximum atomic E-state index is 12.0. The number of hydrogen-bond donors (Lipinski definition) is 2. The van der Waals surface area contributed by atoms with Crippen molar-refractivity contribution in [3.8, 4) is 0 Å². The molecule has 4 nitrogen and oxygen atoms in total. The van der Waals surface area contributed by atoms with E-state index in [4.69, 9.17) is 5.11 Å². The van der Waals surface area contributed by atoms with Crippen LogP contribution in [-0.2, 0) is 16.1 Å². The number of fused-ring (bicyclic) bond motifs is 1. The quantitative estimate of drug-likeness (QED) is 0.817. The van der Waals surface area contributed by atoms with Crippen LogP contribution in [-0.4, -0.2) is 17.0 Å². The van der Waals surface area contributed by atoms with Crippen molar-refractivity contribution in [2.24, 2.45) is 17.8 Å². The van der Waals surface area contributed by atoms with Gasteiger partial charge in [0, 0.05) is 18.5 Å². The summed E-state index contributed by atoms with van der Waals surface area (Å²) in [6.07, 6.45) is 6.38. The molecule has 2 N–H and O–H groups in total. The van der Waals surface area contributed by atoms with Crippen LogP contribution in [0.1, 0.15) is 30.4 Å². The van der Waals surface area contributed by atoms with E-state index in [1.54, 1.807) is 6.08 Å². The molecule has 2 saturated carbocycles. The number of nitrogens with one attached hydrogen (secondary N) is 1. The Kier molecular flexibility index (Phi) is 3.78. The Hall–Kier alpha value is -2.10. The molecule has 0 aliphatic heterocycles. The molecular formula is C17H19NO3. The highest BCUT2D eigenvalue weighted by molar-refractivity contribution is 5.85. The van der Waals surface area contributed by atoms with Crippen LogP contribution in [0.25, 0.3) is 6.08 Å². The third-order valence-corrected chi connectivity index (χ3v) is 4.57. The fourth-order valence-corrected chi connectivity index (χ4v) is 3.43. The number of amides is 1. The monoisotopic (exact) mass is 285 g/mol. The summed E-state index contributed by atoms with van der Waals surface area (Å²) in [6.45, 7) is 0.539. The molecule has 1 amide bonds. The average molecular weight is 285 g/mol. The fourth-order valence-electron chi connectivity index (χ4n) is 3.43. The highest BCUT2D eigenvalue weighted by Gasteiger charge is 2.56. The van der Waals surface area contributed by atoms with Gasteiger partial charge in [-0.3, -0.25) is 4.79 Å². The van der Waals surface area contributed by atoms with Crippen LogP contribution in [0.2, 0.25) is 0 Å². The van der Waals surface area contributed by atoms with Crippen LogP contribution in [0, 0.1) is 17.8 Å². The van der Waals surface area contributed by atoms with Gasteiger partial charge in [0.05, 0.1) is 0 Å². The van der Waals surface area contributed by atoms with Gasteiger partial charge in [-0.25, -0.2) is 4.79 Å². The summed E-state index contributed by atoms with van der Waals surface area (Å²) in [6, 6.07) is 7.53. The van der Waals surface area contributed by atoms with Gasteiger partial charge in [0.2, 0.25) is 5.91 Å². The zero-order valence-corrected chi connectivity index (χ0v) is 11.8. The van der Waals surface area contributed by atoms with Crippen molar-refractivity contribution in [2.45, 2.75) is 25.8 Å². The van der Waals surface area contributed by atoms with Crippen molar-refractivity contribution in [1.29, 1.82) is 0 Å². The maximum absolute atomic E-state index is 12.0. The molecule has 0 saturated heterocycles. The number of carboxylic acids is 1. The Balaban J connectivity index is 1.49. The first kappa shape index (κ1) is 13.9. The summed E-state index contributed by atoms with van der Waals surface area (Å²) < 4.78 is 0. The summed E-state index contributed by atoms with van der Waals surface area (Å²) in [5, 5.41) is 11.6. The van der Waals surface area contributed by atoms with Crippen molar-refractivity contribution >= 4 is 18.0 Å². The molecule has 0 spiro atoms. The van der Waals surface area contributed by atoms with Crippen LogP contribution in [0.5, 0.6) is 0 Å². The van der Waals surface area contributed by atoms with E-state index < -0.39 is 5.97 Å². The smallest absolute Gasteiger partial charge is 0.328 e. The van der Waals surface area contributed by atoms with E-state index >= 15 is 0 Å². The highest BCUT2D eigenvalue weighted by Crippen LogP contribution is 2.57. The van der Waals surface area contributed by atoms with Crippen molar-refractivity contribution in [2.75, 3.05) is 0 Å². The molecule has 0 heterocycles. The molecule has 2 atom stereocenters. The zero-order valence-electron chi connectivity index (χ0n) is 11.8. The average Bonchev–Trinajstić information content (AvgIpc) is 2.96. The van der Waals surface area contributed by atoms with E-state index in [0.717, 1.165) is 17.2 Å². The van der Waals surface area contributed by atoms with Gasteiger partial charge in [-0.05, 0) is 41.9 Å². The summed E-state index contributed by atoms with van der Waals surface area (Å²) >= 11 is 0. The summed E-state index contributed by atoms with van der Waals surface area (Å²) in [5.74, 6) is 0.791. The molecule has 0 aromatic heterocycles. The lowest BCUT2D eigenvalue weighted by Crippen LogP contribution is -2.26. The van der Waals surface area contributed by atoms with E-state index in [1.807, 2.05) is 24.3 Å².